The van der Waals surface area contributed by atoms with Gasteiger partial charge in [-0.1, -0.05) is 0 Å². The first kappa shape index (κ1) is 26.4. The first-order chi connectivity index (χ1) is 19.1. The number of carbonyl (C=O) groups is 4. The lowest BCUT2D eigenvalue weighted by Gasteiger charge is -2.40. The number of sulfonamides is 1. The molecule has 1 atom stereocenters. The van der Waals surface area contributed by atoms with Crippen LogP contribution < -0.4 is 20.7 Å². The van der Waals surface area contributed by atoms with Crippen molar-refractivity contribution in [1.29, 1.82) is 0 Å². The molecule has 0 bridgehead atoms. The van der Waals surface area contributed by atoms with Crippen LogP contribution >= 0.6 is 0 Å². The lowest BCUT2D eigenvalue weighted by molar-refractivity contribution is -0.136. The SMILES string of the molecule is NC1CCN(S(=O)(=O)c2ccc(OC3CN(c4ccc5c(c4)C(=O)N(C4CCC(=O)NC4=O)C5=O)C3)cc2)CC1. The third-order valence-electron chi connectivity index (χ3n) is 7.90. The van der Waals surface area contributed by atoms with Gasteiger partial charge in [0, 0.05) is 31.2 Å². The van der Waals surface area contributed by atoms with Gasteiger partial charge in [-0.2, -0.15) is 4.31 Å². The Labute approximate surface area is 231 Å². The molecule has 210 valence electrons. The number of hydrogen-bond donors (Lipinski definition) is 2. The quantitative estimate of drug-likeness (QED) is 0.473. The zero-order valence-electron chi connectivity index (χ0n) is 21.6. The molecule has 2 aromatic rings. The van der Waals surface area contributed by atoms with Crippen LogP contribution in [0.25, 0.3) is 0 Å². The molecule has 4 amide bonds. The number of hydrogen-bond acceptors (Lipinski definition) is 9. The summed E-state index contributed by atoms with van der Waals surface area (Å²) in [5, 5.41) is 2.19. The Bertz CT molecular complexity index is 1500. The summed E-state index contributed by atoms with van der Waals surface area (Å²) in [5.74, 6) is -1.60. The number of nitrogens with zero attached hydrogens (tertiary/aromatic N) is 3. The summed E-state index contributed by atoms with van der Waals surface area (Å²) in [6.07, 6.45) is 1.32. The van der Waals surface area contributed by atoms with Gasteiger partial charge in [0.2, 0.25) is 21.8 Å². The highest BCUT2D eigenvalue weighted by molar-refractivity contribution is 7.89. The molecule has 13 heteroatoms. The van der Waals surface area contributed by atoms with Crippen molar-refractivity contribution in [2.45, 2.75) is 48.8 Å². The Morgan fingerprint density at radius 2 is 1.55 bits per heavy atom. The van der Waals surface area contributed by atoms with Crippen LogP contribution in [0, 0.1) is 0 Å². The maximum absolute atomic E-state index is 13.1. The normalized spacial score (nSPS) is 22.8. The Kier molecular flexibility index (Phi) is 6.59. The number of nitrogens with one attached hydrogen (secondary N) is 1. The molecule has 40 heavy (non-hydrogen) atoms. The molecule has 3 saturated heterocycles. The van der Waals surface area contributed by atoms with E-state index in [0.717, 1.165) is 10.6 Å². The average molecular weight is 568 g/mol. The minimum absolute atomic E-state index is 0.0385. The second kappa shape index (κ2) is 9.98. The van der Waals surface area contributed by atoms with Crippen LogP contribution in [0.2, 0.25) is 0 Å². The number of rotatable bonds is 6. The minimum Gasteiger partial charge on any atom is -0.487 e. The molecule has 4 aliphatic rings. The fraction of sp³-hybridized carbons (Fsp3) is 0.407. The van der Waals surface area contributed by atoms with Gasteiger partial charge in [-0.3, -0.25) is 29.4 Å². The van der Waals surface area contributed by atoms with Crippen LogP contribution in [0.4, 0.5) is 5.69 Å². The van der Waals surface area contributed by atoms with Crippen LogP contribution in [-0.4, -0.2) is 85.6 Å². The summed E-state index contributed by atoms with van der Waals surface area (Å²) < 4.78 is 33.3. The van der Waals surface area contributed by atoms with E-state index in [1.807, 2.05) is 4.90 Å². The maximum Gasteiger partial charge on any atom is 0.262 e. The first-order valence-corrected chi connectivity index (χ1v) is 14.7. The molecule has 4 aliphatic heterocycles. The van der Waals surface area contributed by atoms with Crippen molar-refractivity contribution in [3.8, 4) is 5.75 Å². The molecule has 4 heterocycles. The zero-order valence-corrected chi connectivity index (χ0v) is 22.4. The van der Waals surface area contributed by atoms with Crippen molar-refractivity contribution in [3.63, 3.8) is 0 Å². The first-order valence-electron chi connectivity index (χ1n) is 13.2. The van der Waals surface area contributed by atoms with Crippen molar-refractivity contribution >= 4 is 39.3 Å². The number of imide groups is 2. The number of anilines is 1. The van der Waals surface area contributed by atoms with Crippen LogP contribution in [0.5, 0.6) is 5.75 Å². The Balaban J connectivity index is 1.07. The van der Waals surface area contributed by atoms with Crippen molar-refractivity contribution in [2.24, 2.45) is 5.73 Å². The molecular weight excluding hydrogens is 538 g/mol. The van der Waals surface area contributed by atoms with Gasteiger partial charge >= 0.3 is 0 Å². The molecule has 3 N–H and O–H groups in total. The van der Waals surface area contributed by atoms with E-state index in [2.05, 4.69) is 5.32 Å². The van der Waals surface area contributed by atoms with E-state index in [0.29, 0.717) is 44.8 Å². The van der Waals surface area contributed by atoms with Crippen molar-refractivity contribution in [2.75, 3.05) is 31.1 Å². The summed E-state index contributed by atoms with van der Waals surface area (Å²) in [6, 6.07) is 10.4. The van der Waals surface area contributed by atoms with E-state index in [-0.39, 0.29) is 41.0 Å². The van der Waals surface area contributed by atoms with Crippen molar-refractivity contribution in [1.82, 2.24) is 14.5 Å². The van der Waals surface area contributed by atoms with E-state index in [4.69, 9.17) is 10.5 Å². The summed E-state index contributed by atoms with van der Waals surface area (Å²) in [5.41, 5.74) is 7.09. The number of carbonyl (C=O) groups excluding carboxylic acids is 4. The van der Waals surface area contributed by atoms with E-state index in [1.54, 1.807) is 42.5 Å². The molecule has 0 saturated carbocycles. The summed E-state index contributed by atoms with van der Waals surface area (Å²) >= 11 is 0. The summed E-state index contributed by atoms with van der Waals surface area (Å²) in [7, 11) is -3.58. The maximum atomic E-state index is 13.1. The monoisotopic (exact) mass is 567 g/mol. The number of ether oxygens (including phenoxy) is 1. The number of benzene rings is 2. The molecule has 0 aromatic heterocycles. The molecule has 1 unspecified atom stereocenters. The van der Waals surface area contributed by atoms with Crippen molar-refractivity contribution < 1.29 is 32.3 Å². The van der Waals surface area contributed by atoms with E-state index < -0.39 is 39.7 Å². The topological polar surface area (TPSA) is 159 Å². The molecule has 6 rings (SSSR count). The van der Waals surface area contributed by atoms with E-state index in [9.17, 15) is 27.6 Å². The van der Waals surface area contributed by atoms with E-state index >= 15 is 0 Å². The second-order valence-electron chi connectivity index (χ2n) is 10.5. The standard InChI is InChI=1S/C27H29N5O7S/c28-16-9-11-31(12-10-16)40(37,38)20-4-2-18(3-5-20)39-19-14-30(15-19)17-1-6-21-22(13-17)27(36)32(26(21)35)23-7-8-24(33)29-25(23)34/h1-6,13,16,19,23H,7-12,14-15,28H2,(H,29,33,34). The number of piperidine rings is 2. The fourth-order valence-electron chi connectivity index (χ4n) is 5.53. The van der Waals surface area contributed by atoms with Crippen LogP contribution in [0.15, 0.2) is 47.4 Å². The van der Waals surface area contributed by atoms with Crippen molar-refractivity contribution in [3.05, 3.63) is 53.6 Å². The van der Waals surface area contributed by atoms with Crippen LogP contribution in [-0.2, 0) is 19.6 Å². The second-order valence-corrected chi connectivity index (χ2v) is 12.5. The summed E-state index contributed by atoms with van der Waals surface area (Å²) in [6.45, 7) is 1.89. The minimum atomic E-state index is -3.58. The lowest BCUT2D eigenvalue weighted by Crippen LogP contribution is -2.54. The fourth-order valence-corrected chi connectivity index (χ4v) is 7.00. The van der Waals surface area contributed by atoms with Gasteiger partial charge in [0.15, 0.2) is 0 Å². The van der Waals surface area contributed by atoms with Gasteiger partial charge < -0.3 is 15.4 Å². The molecule has 2 aromatic carbocycles. The molecule has 0 aliphatic carbocycles. The molecule has 3 fully saturated rings. The van der Waals surface area contributed by atoms with Gasteiger partial charge in [0.05, 0.1) is 29.1 Å². The van der Waals surface area contributed by atoms with Crippen LogP contribution in [0.1, 0.15) is 46.4 Å². The zero-order chi connectivity index (χ0) is 28.2. The molecule has 0 radical (unpaired) electrons. The third-order valence-corrected chi connectivity index (χ3v) is 9.81. The highest BCUT2D eigenvalue weighted by atomic mass is 32.2. The van der Waals surface area contributed by atoms with Crippen LogP contribution in [0.3, 0.4) is 0 Å². The average Bonchev–Trinajstić information content (AvgIpc) is 3.15. The third kappa shape index (κ3) is 4.63. The molecule has 12 nitrogen and oxygen atoms in total. The Morgan fingerprint density at radius 1 is 0.875 bits per heavy atom. The Morgan fingerprint density at radius 3 is 2.23 bits per heavy atom. The lowest BCUT2D eigenvalue weighted by atomic mass is 10.0. The van der Waals surface area contributed by atoms with Gasteiger partial charge in [-0.25, -0.2) is 8.42 Å². The smallest absolute Gasteiger partial charge is 0.262 e. The predicted octanol–water partition coefficient (Wildman–Crippen LogP) is 0.467. The predicted molar refractivity (Wildman–Crippen MR) is 142 cm³/mol. The largest absolute Gasteiger partial charge is 0.487 e. The Hall–Kier alpha value is -3.81. The number of amides is 4. The molecule has 0 spiro atoms. The highest BCUT2D eigenvalue weighted by Crippen LogP contribution is 2.33. The number of nitrogens with two attached hydrogens (primary N) is 1. The van der Waals surface area contributed by atoms with Gasteiger partial charge in [-0.15, -0.1) is 0 Å². The number of fused-ring (bicyclic) bond motifs is 1. The van der Waals surface area contributed by atoms with Gasteiger partial charge in [-0.05, 0) is 61.7 Å². The highest BCUT2D eigenvalue weighted by Gasteiger charge is 2.45. The molecular formula is C27H29N5O7S. The summed E-state index contributed by atoms with van der Waals surface area (Å²) in [4.78, 5) is 52.9. The van der Waals surface area contributed by atoms with Gasteiger partial charge in [0.25, 0.3) is 11.8 Å². The van der Waals surface area contributed by atoms with E-state index in [1.165, 1.54) is 4.31 Å². The van der Waals surface area contributed by atoms with Gasteiger partial charge in [0.1, 0.15) is 17.9 Å².